The van der Waals surface area contributed by atoms with Gasteiger partial charge in [0.2, 0.25) is 5.91 Å². The van der Waals surface area contributed by atoms with E-state index in [0.29, 0.717) is 18.1 Å². The number of hydrogen-bond acceptors (Lipinski definition) is 3. The van der Waals surface area contributed by atoms with Crippen LogP contribution in [0.1, 0.15) is 49.0 Å². The molecule has 1 fully saturated rings. The molecule has 2 atom stereocenters. The van der Waals surface area contributed by atoms with E-state index >= 15 is 0 Å². The predicted octanol–water partition coefficient (Wildman–Crippen LogP) is 2.68. The Hall–Kier alpha value is -1.81. The molecule has 1 aromatic rings. The standard InChI is InChI=1S/C17H24N2O2/c1-3-21-17(12(2)6-4-9-15(17)11-18)14-8-5-7-13(10-14)16(19)20/h5,7-8,10-12H,3-4,6,9,18H2,1-2H3,(H2,19,20)/b15-11-. The number of hydrogen-bond donors (Lipinski definition) is 2. The Morgan fingerprint density at radius 1 is 1.52 bits per heavy atom. The minimum Gasteiger partial charge on any atom is -0.405 e. The third-order valence-corrected chi connectivity index (χ3v) is 4.40. The van der Waals surface area contributed by atoms with Gasteiger partial charge in [-0.3, -0.25) is 4.79 Å². The highest BCUT2D eigenvalue weighted by Crippen LogP contribution is 2.48. The van der Waals surface area contributed by atoms with Gasteiger partial charge < -0.3 is 16.2 Å². The number of nitrogens with two attached hydrogens (primary N) is 2. The maximum Gasteiger partial charge on any atom is 0.248 e. The summed E-state index contributed by atoms with van der Waals surface area (Å²) in [4.78, 5) is 11.5. The van der Waals surface area contributed by atoms with Crippen molar-refractivity contribution >= 4 is 5.91 Å². The molecule has 21 heavy (non-hydrogen) atoms. The van der Waals surface area contributed by atoms with E-state index in [2.05, 4.69) is 6.92 Å². The van der Waals surface area contributed by atoms with Crippen LogP contribution in [0.3, 0.4) is 0 Å². The van der Waals surface area contributed by atoms with Gasteiger partial charge in [0.25, 0.3) is 0 Å². The number of benzene rings is 1. The number of ether oxygens (including phenoxy) is 1. The van der Waals surface area contributed by atoms with E-state index in [-0.39, 0.29) is 0 Å². The van der Waals surface area contributed by atoms with Crippen molar-refractivity contribution in [3.8, 4) is 0 Å². The first-order chi connectivity index (χ1) is 10.1. The van der Waals surface area contributed by atoms with Crippen LogP contribution >= 0.6 is 0 Å². The van der Waals surface area contributed by atoms with E-state index in [9.17, 15) is 4.79 Å². The summed E-state index contributed by atoms with van der Waals surface area (Å²) in [6.45, 7) is 4.74. The Kier molecular flexibility index (Phi) is 4.68. The minimum absolute atomic E-state index is 0.295. The number of primary amides is 1. The molecular formula is C17H24N2O2. The lowest BCUT2D eigenvalue weighted by atomic mass is 9.69. The average Bonchev–Trinajstić information content (AvgIpc) is 2.49. The summed E-state index contributed by atoms with van der Waals surface area (Å²) < 4.78 is 6.21. The fourth-order valence-electron chi connectivity index (χ4n) is 3.43. The first-order valence-corrected chi connectivity index (χ1v) is 7.51. The third-order valence-electron chi connectivity index (χ3n) is 4.40. The fraction of sp³-hybridized carbons (Fsp3) is 0.471. The van der Waals surface area contributed by atoms with Crippen LogP contribution < -0.4 is 11.5 Å². The Bertz CT molecular complexity index is 553. The first-order valence-electron chi connectivity index (χ1n) is 7.51. The molecule has 0 aromatic heterocycles. The quantitative estimate of drug-likeness (QED) is 0.894. The molecule has 1 saturated carbocycles. The second-order valence-electron chi connectivity index (χ2n) is 5.60. The van der Waals surface area contributed by atoms with Crippen molar-refractivity contribution < 1.29 is 9.53 Å². The van der Waals surface area contributed by atoms with Crippen molar-refractivity contribution in [1.82, 2.24) is 0 Å². The van der Waals surface area contributed by atoms with Crippen LogP contribution in [-0.4, -0.2) is 12.5 Å². The molecule has 0 bridgehead atoms. The summed E-state index contributed by atoms with van der Waals surface area (Å²) in [6.07, 6.45) is 4.76. The fourth-order valence-corrected chi connectivity index (χ4v) is 3.43. The van der Waals surface area contributed by atoms with Crippen molar-refractivity contribution in [1.29, 1.82) is 0 Å². The molecule has 4 N–H and O–H groups in total. The smallest absolute Gasteiger partial charge is 0.248 e. The predicted molar refractivity (Wildman–Crippen MR) is 83.5 cm³/mol. The molecule has 0 spiro atoms. The molecule has 2 rings (SSSR count). The number of carbonyl (C=O) groups is 1. The van der Waals surface area contributed by atoms with Gasteiger partial charge in [0.05, 0.1) is 0 Å². The van der Waals surface area contributed by atoms with Gasteiger partial charge >= 0.3 is 0 Å². The van der Waals surface area contributed by atoms with Gasteiger partial charge in [-0.25, -0.2) is 0 Å². The zero-order chi connectivity index (χ0) is 15.5. The summed E-state index contributed by atoms with van der Waals surface area (Å²) >= 11 is 0. The molecule has 0 heterocycles. The summed E-state index contributed by atoms with van der Waals surface area (Å²) in [5.74, 6) is -0.130. The highest BCUT2D eigenvalue weighted by atomic mass is 16.5. The second kappa shape index (κ2) is 6.31. The SMILES string of the molecule is CCOC1(c2cccc(C(N)=O)c2)/C(=C\N)CCCC1C. The molecule has 1 aliphatic rings. The second-order valence-corrected chi connectivity index (χ2v) is 5.60. The monoisotopic (exact) mass is 288 g/mol. The Labute approximate surface area is 126 Å². The molecule has 2 unspecified atom stereocenters. The molecule has 1 aliphatic carbocycles. The van der Waals surface area contributed by atoms with Crippen molar-refractivity contribution in [2.45, 2.75) is 38.7 Å². The van der Waals surface area contributed by atoms with Crippen LogP contribution in [-0.2, 0) is 10.3 Å². The van der Waals surface area contributed by atoms with E-state index in [4.69, 9.17) is 16.2 Å². The summed E-state index contributed by atoms with van der Waals surface area (Å²) in [7, 11) is 0. The first kappa shape index (κ1) is 15.6. The molecule has 0 saturated heterocycles. The van der Waals surface area contributed by atoms with Gasteiger partial charge in [-0.05, 0) is 61.6 Å². The van der Waals surface area contributed by atoms with Crippen LogP contribution in [0.15, 0.2) is 36.0 Å². The van der Waals surface area contributed by atoms with Gasteiger partial charge in [-0.2, -0.15) is 0 Å². The van der Waals surface area contributed by atoms with E-state index in [0.717, 1.165) is 30.4 Å². The minimum atomic E-state index is -0.548. The van der Waals surface area contributed by atoms with Gasteiger partial charge in [-0.1, -0.05) is 19.1 Å². The lowest BCUT2D eigenvalue weighted by Gasteiger charge is -2.44. The van der Waals surface area contributed by atoms with Gasteiger partial charge in [0.15, 0.2) is 0 Å². The zero-order valence-corrected chi connectivity index (χ0v) is 12.8. The Balaban J connectivity index is 2.60. The maximum atomic E-state index is 11.5. The van der Waals surface area contributed by atoms with Crippen LogP contribution in [0, 0.1) is 5.92 Å². The summed E-state index contributed by atoms with van der Waals surface area (Å²) in [5, 5.41) is 0. The highest BCUT2D eigenvalue weighted by molar-refractivity contribution is 5.93. The highest BCUT2D eigenvalue weighted by Gasteiger charge is 2.44. The zero-order valence-electron chi connectivity index (χ0n) is 12.8. The van der Waals surface area contributed by atoms with Crippen LogP contribution in [0.5, 0.6) is 0 Å². The average molecular weight is 288 g/mol. The number of carbonyl (C=O) groups excluding carboxylic acids is 1. The lowest BCUT2D eigenvalue weighted by molar-refractivity contribution is -0.0684. The van der Waals surface area contributed by atoms with Crippen LogP contribution in [0.25, 0.3) is 0 Å². The molecule has 1 aromatic carbocycles. The molecule has 4 nitrogen and oxygen atoms in total. The third kappa shape index (κ3) is 2.68. The topological polar surface area (TPSA) is 78.3 Å². The molecule has 1 amide bonds. The van der Waals surface area contributed by atoms with Crippen molar-refractivity contribution in [2.75, 3.05) is 6.61 Å². The maximum absolute atomic E-state index is 11.5. The van der Waals surface area contributed by atoms with Crippen LogP contribution in [0.2, 0.25) is 0 Å². The van der Waals surface area contributed by atoms with E-state index in [1.807, 2.05) is 25.1 Å². The summed E-state index contributed by atoms with van der Waals surface area (Å²) in [5.41, 5.74) is 13.3. The van der Waals surface area contributed by atoms with Crippen molar-refractivity contribution in [3.63, 3.8) is 0 Å². The van der Waals surface area contributed by atoms with Crippen LogP contribution in [0.4, 0.5) is 0 Å². The molecule has 0 radical (unpaired) electrons. The normalized spacial score (nSPS) is 27.7. The largest absolute Gasteiger partial charge is 0.405 e. The number of amides is 1. The molecular weight excluding hydrogens is 264 g/mol. The van der Waals surface area contributed by atoms with E-state index in [1.165, 1.54) is 0 Å². The summed E-state index contributed by atoms with van der Waals surface area (Å²) in [6, 6.07) is 7.41. The molecule has 114 valence electrons. The van der Waals surface area contributed by atoms with Crippen molar-refractivity contribution in [3.05, 3.63) is 47.2 Å². The van der Waals surface area contributed by atoms with Gasteiger partial charge in [0.1, 0.15) is 5.60 Å². The Morgan fingerprint density at radius 2 is 2.29 bits per heavy atom. The van der Waals surface area contributed by atoms with Gasteiger partial charge in [0, 0.05) is 12.2 Å². The molecule has 4 heteroatoms. The van der Waals surface area contributed by atoms with Gasteiger partial charge in [-0.15, -0.1) is 0 Å². The molecule has 0 aliphatic heterocycles. The lowest BCUT2D eigenvalue weighted by Crippen LogP contribution is -2.42. The van der Waals surface area contributed by atoms with Crippen molar-refractivity contribution in [2.24, 2.45) is 17.4 Å². The number of rotatable bonds is 4. The Morgan fingerprint density at radius 3 is 2.90 bits per heavy atom. The van der Waals surface area contributed by atoms with E-state index in [1.54, 1.807) is 12.3 Å². The van der Waals surface area contributed by atoms with E-state index < -0.39 is 11.5 Å².